The van der Waals surface area contributed by atoms with Crippen LogP contribution in [0.15, 0.2) is 48.5 Å². The Morgan fingerprint density at radius 3 is 2.89 bits per heavy atom. The van der Waals surface area contributed by atoms with Crippen LogP contribution in [0.25, 0.3) is 11.0 Å². The molecule has 1 fully saturated rings. The fraction of sp³-hybridized carbons (Fsp3) is 0.318. The average molecular weight is 376 g/mol. The Labute approximate surface area is 164 Å². The van der Waals surface area contributed by atoms with Crippen molar-refractivity contribution in [2.45, 2.75) is 32.1 Å². The van der Waals surface area contributed by atoms with Gasteiger partial charge in [0.1, 0.15) is 5.82 Å². The van der Waals surface area contributed by atoms with Crippen LogP contribution in [0.1, 0.15) is 48.3 Å². The smallest absolute Gasteiger partial charge is 0.253 e. The molecule has 0 spiro atoms. The number of carbonyl (C=O) groups is 2. The molecule has 28 heavy (non-hydrogen) atoms. The lowest BCUT2D eigenvalue weighted by Gasteiger charge is -2.32. The van der Waals surface area contributed by atoms with Gasteiger partial charge in [-0.25, -0.2) is 4.98 Å². The minimum atomic E-state index is -0.0625. The number of rotatable bonds is 4. The zero-order chi connectivity index (χ0) is 19.5. The quantitative estimate of drug-likeness (QED) is 0.724. The molecule has 2 N–H and O–H groups in total. The van der Waals surface area contributed by atoms with Gasteiger partial charge in [0.15, 0.2) is 0 Å². The van der Waals surface area contributed by atoms with E-state index in [4.69, 9.17) is 4.98 Å². The minimum Gasteiger partial charge on any atom is -0.342 e. The molecule has 0 bridgehead atoms. The summed E-state index contributed by atoms with van der Waals surface area (Å²) in [6, 6.07) is 15.1. The third-order valence-corrected chi connectivity index (χ3v) is 5.22. The van der Waals surface area contributed by atoms with Crippen LogP contribution >= 0.6 is 0 Å². The molecule has 0 aliphatic carbocycles. The van der Waals surface area contributed by atoms with Gasteiger partial charge in [-0.3, -0.25) is 9.59 Å². The number of fused-ring (bicyclic) bond motifs is 1. The van der Waals surface area contributed by atoms with Crippen molar-refractivity contribution in [2.75, 3.05) is 18.4 Å². The molecule has 6 heteroatoms. The summed E-state index contributed by atoms with van der Waals surface area (Å²) in [5.74, 6) is 1.08. The van der Waals surface area contributed by atoms with E-state index in [2.05, 4.69) is 10.3 Å². The van der Waals surface area contributed by atoms with Gasteiger partial charge >= 0.3 is 0 Å². The first-order valence-corrected chi connectivity index (χ1v) is 9.78. The van der Waals surface area contributed by atoms with Crippen molar-refractivity contribution in [2.24, 2.45) is 0 Å². The van der Waals surface area contributed by atoms with Crippen molar-refractivity contribution < 1.29 is 9.59 Å². The lowest BCUT2D eigenvalue weighted by molar-refractivity contribution is -0.115. The predicted molar refractivity (Wildman–Crippen MR) is 109 cm³/mol. The number of hydrogen-bond acceptors (Lipinski definition) is 3. The summed E-state index contributed by atoms with van der Waals surface area (Å²) in [5, 5.41) is 2.81. The van der Waals surface area contributed by atoms with E-state index in [-0.39, 0.29) is 17.7 Å². The molecular formula is C22H24N4O2. The van der Waals surface area contributed by atoms with Crippen molar-refractivity contribution in [1.82, 2.24) is 14.9 Å². The van der Waals surface area contributed by atoms with Crippen LogP contribution in [0.3, 0.4) is 0 Å². The lowest BCUT2D eigenvalue weighted by Crippen LogP contribution is -2.39. The summed E-state index contributed by atoms with van der Waals surface area (Å²) in [5.41, 5.74) is 3.24. The minimum absolute atomic E-state index is 0.00610. The number of aromatic amines is 1. The van der Waals surface area contributed by atoms with Crippen molar-refractivity contribution in [1.29, 1.82) is 0 Å². The molecule has 0 saturated carbocycles. The van der Waals surface area contributed by atoms with Crippen LogP contribution in [-0.4, -0.2) is 39.8 Å². The van der Waals surface area contributed by atoms with Crippen LogP contribution in [0.5, 0.6) is 0 Å². The second-order valence-corrected chi connectivity index (χ2v) is 7.21. The second kappa shape index (κ2) is 7.84. The molecule has 2 aromatic carbocycles. The predicted octanol–water partition coefficient (Wildman–Crippen LogP) is 3.93. The average Bonchev–Trinajstić information content (AvgIpc) is 3.18. The topological polar surface area (TPSA) is 78.1 Å². The number of amides is 2. The van der Waals surface area contributed by atoms with E-state index in [0.29, 0.717) is 24.2 Å². The molecule has 6 nitrogen and oxygen atoms in total. The molecule has 1 unspecified atom stereocenters. The Kier molecular flexibility index (Phi) is 5.10. The first kappa shape index (κ1) is 18.2. The Hall–Kier alpha value is -3.15. The van der Waals surface area contributed by atoms with Gasteiger partial charge < -0.3 is 15.2 Å². The maximum atomic E-state index is 13.0. The summed E-state index contributed by atoms with van der Waals surface area (Å²) >= 11 is 0. The van der Waals surface area contributed by atoms with Gasteiger partial charge in [-0.2, -0.15) is 0 Å². The standard InChI is InChI=1S/C22H24N4O2/c1-2-20(27)23-17-9-5-7-15(13-17)22(28)26-12-6-8-16(14-26)21-24-18-10-3-4-11-19(18)25-21/h3-5,7,9-11,13,16H,2,6,8,12,14H2,1H3,(H,23,27)(H,24,25). The van der Waals surface area contributed by atoms with E-state index >= 15 is 0 Å². The summed E-state index contributed by atoms with van der Waals surface area (Å²) in [7, 11) is 0. The van der Waals surface area contributed by atoms with Crippen LogP contribution < -0.4 is 5.32 Å². The maximum absolute atomic E-state index is 13.0. The molecule has 1 aliphatic heterocycles. The van der Waals surface area contributed by atoms with Crippen LogP contribution in [0.4, 0.5) is 5.69 Å². The molecule has 1 aliphatic rings. The monoisotopic (exact) mass is 376 g/mol. The third kappa shape index (κ3) is 3.76. The van der Waals surface area contributed by atoms with Crippen LogP contribution in [0.2, 0.25) is 0 Å². The molecule has 3 aromatic rings. The highest BCUT2D eigenvalue weighted by Gasteiger charge is 2.27. The Bertz CT molecular complexity index is 977. The fourth-order valence-electron chi connectivity index (χ4n) is 3.71. The fourth-order valence-corrected chi connectivity index (χ4v) is 3.71. The number of para-hydroxylation sites is 2. The van der Waals surface area contributed by atoms with E-state index < -0.39 is 0 Å². The number of piperidine rings is 1. The van der Waals surface area contributed by atoms with E-state index in [0.717, 1.165) is 36.2 Å². The molecule has 0 radical (unpaired) electrons. The number of anilines is 1. The lowest BCUT2D eigenvalue weighted by atomic mass is 9.96. The Morgan fingerprint density at radius 1 is 1.21 bits per heavy atom. The summed E-state index contributed by atoms with van der Waals surface area (Å²) in [6.07, 6.45) is 2.36. The normalized spacial score (nSPS) is 16.9. The number of likely N-dealkylation sites (tertiary alicyclic amines) is 1. The molecule has 1 atom stereocenters. The van der Waals surface area contributed by atoms with Gasteiger partial charge in [-0.1, -0.05) is 25.1 Å². The molecular weight excluding hydrogens is 352 g/mol. The molecule has 2 heterocycles. The van der Waals surface area contributed by atoms with Gasteiger partial charge in [0.05, 0.1) is 11.0 Å². The van der Waals surface area contributed by atoms with E-state index in [1.165, 1.54) is 0 Å². The highest BCUT2D eigenvalue weighted by atomic mass is 16.2. The Balaban J connectivity index is 1.50. The molecule has 1 saturated heterocycles. The van der Waals surface area contributed by atoms with Gasteiger partial charge in [0.25, 0.3) is 5.91 Å². The number of carbonyl (C=O) groups excluding carboxylic acids is 2. The molecule has 1 aromatic heterocycles. The molecule has 4 rings (SSSR count). The number of aromatic nitrogens is 2. The van der Waals surface area contributed by atoms with Crippen molar-refractivity contribution in [3.8, 4) is 0 Å². The Morgan fingerprint density at radius 2 is 2.07 bits per heavy atom. The largest absolute Gasteiger partial charge is 0.342 e. The summed E-state index contributed by atoms with van der Waals surface area (Å²) in [4.78, 5) is 34.7. The number of H-pyrrole nitrogens is 1. The van der Waals surface area contributed by atoms with Crippen molar-refractivity contribution in [3.05, 3.63) is 59.9 Å². The van der Waals surface area contributed by atoms with Gasteiger partial charge in [-0.15, -0.1) is 0 Å². The van der Waals surface area contributed by atoms with Gasteiger partial charge in [0.2, 0.25) is 5.91 Å². The first-order valence-electron chi connectivity index (χ1n) is 9.78. The van der Waals surface area contributed by atoms with E-state index in [1.807, 2.05) is 29.2 Å². The summed E-state index contributed by atoms with van der Waals surface area (Å²) < 4.78 is 0. The number of hydrogen-bond donors (Lipinski definition) is 2. The highest BCUT2D eigenvalue weighted by molar-refractivity contribution is 5.97. The van der Waals surface area contributed by atoms with E-state index in [1.54, 1.807) is 31.2 Å². The number of nitrogens with one attached hydrogen (secondary N) is 2. The van der Waals surface area contributed by atoms with Crippen LogP contribution in [0, 0.1) is 0 Å². The van der Waals surface area contributed by atoms with Gasteiger partial charge in [-0.05, 0) is 43.2 Å². The zero-order valence-corrected chi connectivity index (χ0v) is 15.9. The summed E-state index contributed by atoms with van der Waals surface area (Å²) in [6.45, 7) is 3.18. The van der Waals surface area contributed by atoms with Crippen LogP contribution in [-0.2, 0) is 4.79 Å². The van der Waals surface area contributed by atoms with E-state index in [9.17, 15) is 9.59 Å². The van der Waals surface area contributed by atoms with Gasteiger partial charge in [0, 0.05) is 36.7 Å². The molecule has 144 valence electrons. The maximum Gasteiger partial charge on any atom is 0.253 e. The number of nitrogens with zero attached hydrogens (tertiary/aromatic N) is 2. The highest BCUT2D eigenvalue weighted by Crippen LogP contribution is 2.28. The number of benzene rings is 2. The zero-order valence-electron chi connectivity index (χ0n) is 15.9. The van der Waals surface area contributed by atoms with Crippen molar-refractivity contribution in [3.63, 3.8) is 0 Å². The third-order valence-electron chi connectivity index (χ3n) is 5.22. The number of imidazole rings is 1. The first-order chi connectivity index (χ1) is 13.6. The van der Waals surface area contributed by atoms with Crippen molar-refractivity contribution >= 4 is 28.5 Å². The molecule has 2 amide bonds. The SMILES string of the molecule is CCC(=O)Nc1cccc(C(=O)N2CCCC(c3nc4ccccc4[nH]3)C2)c1. The second-order valence-electron chi connectivity index (χ2n) is 7.21.